The molecule has 10 rings (SSSR count). The first-order chi connectivity index (χ1) is 23.8. The van der Waals surface area contributed by atoms with Crippen molar-refractivity contribution in [2.24, 2.45) is 0 Å². The molecule has 0 N–H and O–H groups in total. The van der Waals surface area contributed by atoms with Gasteiger partial charge >= 0.3 is 0 Å². The molecule has 0 amide bonds. The van der Waals surface area contributed by atoms with Crippen LogP contribution in [0.5, 0.6) is 0 Å². The lowest BCUT2D eigenvalue weighted by molar-refractivity contribution is 0.669. The predicted octanol–water partition coefficient (Wildman–Crippen LogP) is 10.5. The number of rotatable bonds is 4. The van der Waals surface area contributed by atoms with Crippen molar-refractivity contribution in [3.63, 3.8) is 0 Å². The first-order valence-electron chi connectivity index (χ1n) is 16.2. The minimum absolute atomic E-state index is 0.0114. The van der Waals surface area contributed by atoms with E-state index in [9.17, 15) is 0 Å². The Bertz CT molecular complexity index is 2530. The Hall–Kier alpha value is -6.33. The molecule has 2 unspecified atom stereocenters. The molecule has 0 radical (unpaired) electrons. The number of pyridine rings is 3. The van der Waals surface area contributed by atoms with E-state index in [1.165, 1.54) is 11.1 Å². The number of furan rings is 1. The van der Waals surface area contributed by atoms with E-state index in [4.69, 9.17) is 14.4 Å². The van der Waals surface area contributed by atoms with Gasteiger partial charge in [-0.05, 0) is 58.7 Å². The second-order valence-corrected chi connectivity index (χ2v) is 12.5. The van der Waals surface area contributed by atoms with Gasteiger partial charge in [0.2, 0.25) is 0 Å². The molecule has 1 aliphatic heterocycles. The Morgan fingerprint density at radius 3 is 2.29 bits per heavy atom. The molecule has 4 aromatic carbocycles. The number of fused-ring (bicyclic) bond motifs is 8. The highest BCUT2D eigenvalue weighted by Gasteiger charge is 2.41. The van der Waals surface area contributed by atoms with Gasteiger partial charge in [0.15, 0.2) is 0 Å². The minimum atomic E-state index is -0.0114. The van der Waals surface area contributed by atoms with Crippen molar-refractivity contribution in [3.05, 3.63) is 169 Å². The number of benzene rings is 4. The average Bonchev–Trinajstić information content (AvgIpc) is 3.70. The second-order valence-electron chi connectivity index (χ2n) is 12.5. The number of hydrogen-bond donors (Lipinski definition) is 0. The zero-order valence-corrected chi connectivity index (χ0v) is 25.9. The first-order valence-corrected chi connectivity index (χ1v) is 16.2. The molecule has 0 spiro atoms. The maximum absolute atomic E-state index is 6.14. The summed E-state index contributed by atoms with van der Waals surface area (Å²) in [5.74, 6) is 1.83. The van der Waals surface area contributed by atoms with Gasteiger partial charge in [-0.1, -0.05) is 103 Å². The summed E-state index contributed by atoms with van der Waals surface area (Å²) >= 11 is 0. The Kier molecular flexibility index (Phi) is 5.93. The highest BCUT2D eigenvalue weighted by atomic mass is 16.3. The van der Waals surface area contributed by atoms with Crippen LogP contribution in [0, 0.1) is 0 Å². The van der Waals surface area contributed by atoms with Crippen LogP contribution < -0.4 is 4.90 Å². The molecule has 5 heterocycles. The summed E-state index contributed by atoms with van der Waals surface area (Å²) in [6.07, 6.45) is 12.8. The van der Waals surface area contributed by atoms with Crippen molar-refractivity contribution in [1.82, 2.24) is 15.0 Å². The normalized spacial score (nSPS) is 16.8. The van der Waals surface area contributed by atoms with Crippen molar-refractivity contribution in [2.75, 3.05) is 4.90 Å². The summed E-state index contributed by atoms with van der Waals surface area (Å²) in [6, 6.07) is 42.1. The van der Waals surface area contributed by atoms with Gasteiger partial charge < -0.3 is 9.32 Å². The number of nitrogens with zero attached hydrogens (tertiary/aromatic N) is 4. The van der Waals surface area contributed by atoms with E-state index in [1.807, 2.05) is 42.9 Å². The summed E-state index contributed by atoms with van der Waals surface area (Å²) in [5.41, 5.74) is 9.58. The summed E-state index contributed by atoms with van der Waals surface area (Å²) in [6.45, 7) is 0. The smallest absolute Gasteiger partial charge is 0.139 e. The maximum atomic E-state index is 6.14. The van der Waals surface area contributed by atoms with E-state index >= 15 is 0 Å². The van der Waals surface area contributed by atoms with Gasteiger partial charge in [0.1, 0.15) is 22.8 Å². The molecular weight excluding hydrogens is 589 g/mol. The number of aromatic nitrogens is 3. The Balaban J connectivity index is 1.16. The van der Waals surface area contributed by atoms with Crippen LogP contribution in [0.25, 0.3) is 60.7 Å². The molecule has 2 atom stereocenters. The van der Waals surface area contributed by atoms with Crippen LogP contribution in [0.15, 0.2) is 163 Å². The monoisotopic (exact) mass is 616 g/mol. The maximum Gasteiger partial charge on any atom is 0.139 e. The minimum Gasteiger partial charge on any atom is -0.456 e. The summed E-state index contributed by atoms with van der Waals surface area (Å²) in [5, 5.41) is 4.45. The molecule has 0 bridgehead atoms. The second kappa shape index (κ2) is 10.6. The number of hydrogen-bond acceptors (Lipinski definition) is 5. The molecule has 5 nitrogen and oxygen atoms in total. The van der Waals surface area contributed by atoms with Crippen molar-refractivity contribution in [3.8, 4) is 22.4 Å². The fraction of sp³-hybridized carbons (Fsp3) is 0.0465. The fourth-order valence-electron chi connectivity index (χ4n) is 7.45. The van der Waals surface area contributed by atoms with Crippen molar-refractivity contribution in [2.45, 2.75) is 12.0 Å². The highest BCUT2D eigenvalue weighted by Crippen LogP contribution is 2.51. The van der Waals surface area contributed by atoms with Crippen LogP contribution in [0.3, 0.4) is 0 Å². The number of anilines is 2. The Morgan fingerprint density at radius 1 is 0.625 bits per heavy atom. The molecule has 48 heavy (non-hydrogen) atoms. The quantitative estimate of drug-likeness (QED) is 0.197. The van der Waals surface area contributed by atoms with E-state index in [0.29, 0.717) is 0 Å². The lowest BCUT2D eigenvalue weighted by Crippen LogP contribution is -2.30. The van der Waals surface area contributed by atoms with E-state index in [2.05, 4.69) is 125 Å². The van der Waals surface area contributed by atoms with Crippen LogP contribution in [0.2, 0.25) is 0 Å². The topological polar surface area (TPSA) is 55.1 Å². The molecule has 1 aliphatic carbocycles. The third kappa shape index (κ3) is 4.21. The lowest BCUT2D eigenvalue weighted by Gasteiger charge is -2.29. The third-order valence-electron chi connectivity index (χ3n) is 9.72. The van der Waals surface area contributed by atoms with Gasteiger partial charge in [0.05, 0.1) is 11.7 Å². The van der Waals surface area contributed by atoms with Crippen molar-refractivity contribution < 1.29 is 4.42 Å². The molecule has 0 saturated heterocycles. The Labute approximate surface area is 277 Å². The van der Waals surface area contributed by atoms with E-state index in [-0.39, 0.29) is 12.0 Å². The average molecular weight is 617 g/mol. The van der Waals surface area contributed by atoms with Gasteiger partial charge in [-0.2, -0.15) is 0 Å². The van der Waals surface area contributed by atoms with E-state index in [1.54, 1.807) is 0 Å². The number of para-hydroxylation sites is 1. The zero-order chi connectivity index (χ0) is 31.6. The van der Waals surface area contributed by atoms with Crippen LogP contribution >= 0.6 is 0 Å². The molecule has 4 aromatic heterocycles. The van der Waals surface area contributed by atoms with Crippen LogP contribution in [-0.2, 0) is 0 Å². The van der Waals surface area contributed by atoms with Crippen LogP contribution in [0.1, 0.15) is 17.0 Å². The summed E-state index contributed by atoms with van der Waals surface area (Å²) < 4.78 is 6.14. The van der Waals surface area contributed by atoms with Crippen LogP contribution in [0.4, 0.5) is 11.6 Å². The zero-order valence-electron chi connectivity index (χ0n) is 25.9. The summed E-state index contributed by atoms with van der Waals surface area (Å²) in [7, 11) is 0. The molecule has 0 saturated carbocycles. The van der Waals surface area contributed by atoms with Gasteiger partial charge in [-0.15, -0.1) is 0 Å². The van der Waals surface area contributed by atoms with Gasteiger partial charge in [-0.3, -0.25) is 4.98 Å². The van der Waals surface area contributed by atoms with E-state index < -0.39 is 0 Å². The molecule has 5 heteroatoms. The molecule has 0 fully saturated rings. The SMILES string of the molecule is C1=CC2C(C=C1c1ccc3oc4ccccc4c3c1)c1c(ncc3ccncc13)N2c1cc(-c2ccccc2)cc(-c2ccccc2)n1. The molecular formula is C43H28N4O. The van der Waals surface area contributed by atoms with Gasteiger partial charge in [-0.25, -0.2) is 9.97 Å². The largest absolute Gasteiger partial charge is 0.456 e. The summed E-state index contributed by atoms with van der Waals surface area (Å²) in [4.78, 5) is 17.3. The molecule has 2 aliphatic rings. The molecule has 8 aromatic rings. The van der Waals surface area contributed by atoms with E-state index in [0.717, 1.165) is 72.3 Å². The van der Waals surface area contributed by atoms with Gasteiger partial charge in [0.25, 0.3) is 0 Å². The standard InChI is InChI=1S/C43H28N4O/c1-3-9-27(10-4-1)32-23-37(28-11-5-2-6-12-28)46-41(24-32)47-38-17-15-29(22-35(38)42-36-26-44-20-19-31(36)25-45-43(42)47)30-16-18-40-34(21-30)33-13-7-8-14-39(33)48-40/h1-26,35,38H. The van der Waals surface area contributed by atoms with Crippen molar-refractivity contribution >= 4 is 49.9 Å². The first kappa shape index (κ1) is 26.8. The Morgan fingerprint density at radius 2 is 1.42 bits per heavy atom. The highest BCUT2D eigenvalue weighted by molar-refractivity contribution is 6.06. The van der Waals surface area contributed by atoms with Crippen LogP contribution in [-0.4, -0.2) is 21.0 Å². The fourth-order valence-corrected chi connectivity index (χ4v) is 7.45. The third-order valence-corrected chi connectivity index (χ3v) is 9.72. The lowest BCUT2D eigenvalue weighted by atomic mass is 9.85. The van der Waals surface area contributed by atoms with Crippen molar-refractivity contribution in [1.29, 1.82) is 0 Å². The predicted molar refractivity (Wildman–Crippen MR) is 194 cm³/mol. The number of allylic oxidation sites excluding steroid dienone is 2. The van der Waals surface area contributed by atoms with Gasteiger partial charge in [0, 0.05) is 57.2 Å². The molecule has 226 valence electrons.